The average molecular weight is 365 g/mol. The van der Waals surface area contributed by atoms with Crippen LogP contribution in [0.4, 0.5) is 5.82 Å². The molecule has 1 heterocycles. The van der Waals surface area contributed by atoms with E-state index in [1.807, 2.05) is 31.2 Å². The fraction of sp³-hybridized carbons (Fsp3) is 0.0667. The van der Waals surface area contributed by atoms with Gasteiger partial charge in [-0.2, -0.15) is 5.10 Å². The second kappa shape index (κ2) is 5.50. The Hall–Kier alpha value is -1.85. The first-order valence-electron chi connectivity index (χ1n) is 6.27. The van der Waals surface area contributed by atoms with Crippen LogP contribution in [0.15, 0.2) is 40.9 Å². The molecular weight excluding hydrogens is 354 g/mol. The molecule has 0 bridgehead atoms. The molecule has 1 amide bonds. The molecule has 0 atom stereocenters. The number of nitrogens with one attached hydrogen (secondary N) is 2. The van der Waals surface area contributed by atoms with Gasteiger partial charge in [0.2, 0.25) is 0 Å². The SMILES string of the molecule is Cc1c(Br)cccc1C(=O)Nc1n[nH]c2c(Cl)cccc12. The minimum absolute atomic E-state index is 0.206. The predicted molar refractivity (Wildman–Crippen MR) is 87.9 cm³/mol. The Morgan fingerprint density at radius 2 is 2.05 bits per heavy atom. The van der Waals surface area contributed by atoms with E-state index in [1.54, 1.807) is 12.1 Å². The number of nitrogens with zero attached hydrogens (tertiary/aromatic N) is 1. The van der Waals surface area contributed by atoms with Crippen molar-refractivity contribution >= 4 is 50.2 Å². The summed E-state index contributed by atoms with van der Waals surface area (Å²) in [4.78, 5) is 12.4. The molecule has 0 aliphatic rings. The highest BCUT2D eigenvalue weighted by atomic mass is 79.9. The van der Waals surface area contributed by atoms with Crippen molar-refractivity contribution in [2.24, 2.45) is 0 Å². The summed E-state index contributed by atoms with van der Waals surface area (Å²) < 4.78 is 0.894. The molecule has 2 N–H and O–H groups in total. The summed E-state index contributed by atoms with van der Waals surface area (Å²) in [5.41, 5.74) is 2.19. The number of fused-ring (bicyclic) bond motifs is 1. The number of benzene rings is 2. The molecule has 106 valence electrons. The van der Waals surface area contributed by atoms with Gasteiger partial charge in [-0.05, 0) is 36.8 Å². The van der Waals surface area contributed by atoms with Gasteiger partial charge >= 0.3 is 0 Å². The minimum atomic E-state index is -0.206. The fourth-order valence-corrected chi connectivity index (χ4v) is 2.71. The molecule has 0 aliphatic heterocycles. The molecule has 0 spiro atoms. The van der Waals surface area contributed by atoms with Crippen molar-refractivity contribution in [3.05, 3.63) is 57.0 Å². The number of rotatable bonds is 2. The Bertz CT molecular complexity index is 844. The minimum Gasteiger partial charge on any atom is -0.305 e. The molecule has 0 aliphatic carbocycles. The van der Waals surface area contributed by atoms with Crippen LogP contribution in [0, 0.1) is 6.92 Å². The van der Waals surface area contributed by atoms with Crippen molar-refractivity contribution in [2.45, 2.75) is 6.92 Å². The summed E-state index contributed by atoms with van der Waals surface area (Å²) >= 11 is 9.50. The monoisotopic (exact) mass is 363 g/mol. The molecule has 0 saturated heterocycles. The maximum Gasteiger partial charge on any atom is 0.257 e. The van der Waals surface area contributed by atoms with Crippen molar-refractivity contribution in [1.82, 2.24) is 10.2 Å². The maximum atomic E-state index is 12.4. The summed E-state index contributed by atoms with van der Waals surface area (Å²) in [5, 5.41) is 11.1. The Morgan fingerprint density at radius 3 is 2.86 bits per heavy atom. The van der Waals surface area contributed by atoms with E-state index in [4.69, 9.17) is 11.6 Å². The Labute approximate surface area is 134 Å². The normalized spacial score (nSPS) is 10.8. The third-order valence-electron chi connectivity index (χ3n) is 3.29. The van der Waals surface area contributed by atoms with Gasteiger partial charge in [0, 0.05) is 15.4 Å². The van der Waals surface area contributed by atoms with Gasteiger partial charge in [0.1, 0.15) is 0 Å². The molecule has 0 saturated carbocycles. The number of carbonyl (C=O) groups is 1. The number of amides is 1. The number of carbonyl (C=O) groups excluding carboxylic acids is 1. The van der Waals surface area contributed by atoms with Crippen LogP contribution >= 0.6 is 27.5 Å². The molecular formula is C15H11BrClN3O. The lowest BCUT2D eigenvalue weighted by atomic mass is 10.1. The molecule has 2 aromatic carbocycles. The fourth-order valence-electron chi connectivity index (χ4n) is 2.13. The first kappa shape index (κ1) is 14.1. The zero-order chi connectivity index (χ0) is 15.0. The van der Waals surface area contributed by atoms with Crippen LogP contribution in [0.2, 0.25) is 5.02 Å². The Morgan fingerprint density at radius 1 is 1.29 bits per heavy atom. The van der Waals surface area contributed by atoms with Crippen molar-refractivity contribution in [3.63, 3.8) is 0 Å². The number of anilines is 1. The maximum absolute atomic E-state index is 12.4. The van der Waals surface area contributed by atoms with E-state index in [9.17, 15) is 4.79 Å². The average Bonchev–Trinajstić information content (AvgIpc) is 2.86. The summed E-state index contributed by atoms with van der Waals surface area (Å²) in [6.45, 7) is 1.89. The van der Waals surface area contributed by atoms with E-state index >= 15 is 0 Å². The molecule has 4 nitrogen and oxygen atoms in total. The highest BCUT2D eigenvalue weighted by molar-refractivity contribution is 9.10. The van der Waals surface area contributed by atoms with Crippen molar-refractivity contribution in [1.29, 1.82) is 0 Å². The van der Waals surface area contributed by atoms with Crippen LogP contribution in [0.25, 0.3) is 10.9 Å². The lowest BCUT2D eigenvalue weighted by Gasteiger charge is -2.07. The molecule has 0 unspecified atom stereocenters. The number of aromatic amines is 1. The number of hydrogen-bond acceptors (Lipinski definition) is 2. The first-order valence-corrected chi connectivity index (χ1v) is 7.44. The van der Waals surface area contributed by atoms with Gasteiger partial charge in [0.25, 0.3) is 5.91 Å². The third-order valence-corrected chi connectivity index (χ3v) is 4.47. The number of hydrogen-bond donors (Lipinski definition) is 2. The highest BCUT2D eigenvalue weighted by Gasteiger charge is 2.14. The van der Waals surface area contributed by atoms with E-state index in [0.29, 0.717) is 21.9 Å². The van der Waals surface area contributed by atoms with Gasteiger partial charge in [-0.25, -0.2) is 0 Å². The van der Waals surface area contributed by atoms with E-state index in [0.717, 1.165) is 15.4 Å². The summed E-state index contributed by atoms with van der Waals surface area (Å²) in [5.74, 6) is 0.263. The molecule has 3 rings (SSSR count). The number of para-hydroxylation sites is 1. The molecule has 21 heavy (non-hydrogen) atoms. The first-order chi connectivity index (χ1) is 10.1. The smallest absolute Gasteiger partial charge is 0.257 e. The van der Waals surface area contributed by atoms with Crippen LogP contribution in [0.5, 0.6) is 0 Å². The molecule has 1 aromatic heterocycles. The van der Waals surface area contributed by atoms with E-state index in [-0.39, 0.29) is 5.91 Å². The zero-order valence-corrected chi connectivity index (χ0v) is 13.4. The van der Waals surface area contributed by atoms with Gasteiger partial charge in [-0.1, -0.05) is 39.7 Å². The summed E-state index contributed by atoms with van der Waals surface area (Å²) in [6.07, 6.45) is 0. The second-order valence-corrected chi connectivity index (χ2v) is 5.86. The van der Waals surface area contributed by atoms with E-state index in [1.165, 1.54) is 0 Å². The van der Waals surface area contributed by atoms with E-state index < -0.39 is 0 Å². The van der Waals surface area contributed by atoms with Crippen LogP contribution in [0.3, 0.4) is 0 Å². The summed E-state index contributed by atoms with van der Waals surface area (Å²) in [7, 11) is 0. The van der Waals surface area contributed by atoms with Gasteiger partial charge in [0.05, 0.1) is 10.5 Å². The predicted octanol–water partition coefficient (Wildman–Crippen LogP) is 4.54. The topological polar surface area (TPSA) is 57.8 Å². The highest BCUT2D eigenvalue weighted by Crippen LogP contribution is 2.27. The van der Waals surface area contributed by atoms with Crippen LogP contribution in [0.1, 0.15) is 15.9 Å². The molecule has 3 aromatic rings. The lowest BCUT2D eigenvalue weighted by Crippen LogP contribution is -2.14. The van der Waals surface area contributed by atoms with Crippen molar-refractivity contribution in [2.75, 3.05) is 5.32 Å². The molecule has 0 radical (unpaired) electrons. The van der Waals surface area contributed by atoms with Gasteiger partial charge in [-0.3, -0.25) is 9.89 Å². The Balaban J connectivity index is 1.97. The third kappa shape index (κ3) is 2.54. The largest absolute Gasteiger partial charge is 0.305 e. The molecule has 0 fully saturated rings. The number of H-pyrrole nitrogens is 1. The lowest BCUT2D eigenvalue weighted by molar-refractivity contribution is 0.102. The van der Waals surface area contributed by atoms with E-state index in [2.05, 4.69) is 31.4 Å². The summed E-state index contributed by atoms with van der Waals surface area (Å²) in [6, 6.07) is 10.9. The Kier molecular flexibility index (Phi) is 3.69. The number of aromatic nitrogens is 2. The van der Waals surface area contributed by atoms with Gasteiger partial charge in [-0.15, -0.1) is 0 Å². The second-order valence-electron chi connectivity index (χ2n) is 4.60. The van der Waals surface area contributed by atoms with Crippen LogP contribution in [-0.2, 0) is 0 Å². The quantitative estimate of drug-likeness (QED) is 0.701. The standard InChI is InChI=1S/C15H11BrClN3O/c1-8-9(4-2-6-11(8)16)15(21)18-14-10-5-3-7-12(17)13(10)19-20-14/h2-7H,1H3,(H2,18,19,20,21). The van der Waals surface area contributed by atoms with Crippen LogP contribution < -0.4 is 5.32 Å². The van der Waals surface area contributed by atoms with Crippen LogP contribution in [-0.4, -0.2) is 16.1 Å². The number of halogens is 2. The van der Waals surface area contributed by atoms with Gasteiger partial charge in [0.15, 0.2) is 5.82 Å². The van der Waals surface area contributed by atoms with Crippen molar-refractivity contribution in [3.8, 4) is 0 Å². The van der Waals surface area contributed by atoms with Gasteiger partial charge < -0.3 is 5.32 Å². The molecule has 6 heteroatoms. The zero-order valence-electron chi connectivity index (χ0n) is 11.1. The van der Waals surface area contributed by atoms with Crippen molar-refractivity contribution < 1.29 is 4.79 Å².